The van der Waals surface area contributed by atoms with Crippen LogP contribution in [0.5, 0.6) is 0 Å². The molecule has 52 valence electrons. The van der Waals surface area contributed by atoms with E-state index in [0.717, 1.165) is 25.7 Å². The van der Waals surface area contributed by atoms with E-state index in [1.807, 2.05) is 4.90 Å². The molecule has 0 aromatic carbocycles. The average Bonchev–Trinajstić information content (AvgIpc) is 2.18. The van der Waals surface area contributed by atoms with Gasteiger partial charge in [-0.1, -0.05) is 0 Å². The number of hydrogen-bond acceptors (Lipinski definition) is 2. The Morgan fingerprint density at radius 2 is 2.56 bits per heavy atom. The highest BCUT2D eigenvalue weighted by Crippen LogP contribution is 2.18. The molecule has 1 aliphatic rings. The standard InChI is InChI=1S/C6H10ClNO/c7-6-2-1-3-8(6)4-5-9/h5-6H,1-4H2/t6-/m1/s1. The summed E-state index contributed by atoms with van der Waals surface area (Å²) in [5, 5.41) is 0. The SMILES string of the molecule is O=CCN1CCC[C@@H]1Cl. The number of carbonyl (C=O) groups is 1. The van der Waals surface area contributed by atoms with Crippen LogP contribution in [0.4, 0.5) is 0 Å². The lowest BCUT2D eigenvalue weighted by molar-refractivity contribution is -0.108. The maximum absolute atomic E-state index is 10.0. The fraction of sp³-hybridized carbons (Fsp3) is 0.833. The predicted molar refractivity (Wildman–Crippen MR) is 36.5 cm³/mol. The highest BCUT2D eigenvalue weighted by Gasteiger charge is 2.20. The minimum Gasteiger partial charge on any atom is -0.302 e. The Hall–Kier alpha value is -0.0800. The van der Waals surface area contributed by atoms with Gasteiger partial charge in [-0.2, -0.15) is 0 Å². The van der Waals surface area contributed by atoms with E-state index >= 15 is 0 Å². The second-order valence-electron chi connectivity index (χ2n) is 2.24. The first kappa shape index (κ1) is 7.03. The lowest BCUT2D eigenvalue weighted by atomic mass is 10.4. The number of hydrogen-bond donors (Lipinski definition) is 0. The Bertz CT molecular complexity index is 107. The van der Waals surface area contributed by atoms with Crippen molar-refractivity contribution in [3.05, 3.63) is 0 Å². The fourth-order valence-corrected chi connectivity index (χ4v) is 1.42. The van der Waals surface area contributed by atoms with Gasteiger partial charge in [0.15, 0.2) is 0 Å². The van der Waals surface area contributed by atoms with Crippen molar-refractivity contribution < 1.29 is 4.79 Å². The zero-order valence-electron chi connectivity index (χ0n) is 5.22. The van der Waals surface area contributed by atoms with Gasteiger partial charge in [0.25, 0.3) is 0 Å². The largest absolute Gasteiger partial charge is 0.302 e. The summed E-state index contributed by atoms with van der Waals surface area (Å²) < 4.78 is 0. The number of nitrogens with zero attached hydrogens (tertiary/aromatic N) is 1. The molecule has 3 heteroatoms. The van der Waals surface area contributed by atoms with Crippen LogP contribution < -0.4 is 0 Å². The number of alkyl halides is 1. The third kappa shape index (κ3) is 1.66. The van der Waals surface area contributed by atoms with Gasteiger partial charge in [-0.25, -0.2) is 0 Å². The summed E-state index contributed by atoms with van der Waals surface area (Å²) in [5.41, 5.74) is 0.107. The average molecular weight is 148 g/mol. The minimum absolute atomic E-state index is 0.107. The first-order valence-corrected chi connectivity index (χ1v) is 3.60. The molecule has 1 saturated heterocycles. The van der Waals surface area contributed by atoms with Crippen LogP contribution in [-0.2, 0) is 4.79 Å². The van der Waals surface area contributed by atoms with E-state index in [1.54, 1.807) is 0 Å². The van der Waals surface area contributed by atoms with Crippen LogP contribution in [0, 0.1) is 0 Å². The van der Waals surface area contributed by atoms with Crippen molar-refractivity contribution in [2.24, 2.45) is 0 Å². The molecule has 0 spiro atoms. The molecule has 0 N–H and O–H groups in total. The monoisotopic (exact) mass is 147 g/mol. The molecule has 2 nitrogen and oxygen atoms in total. The Balaban J connectivity index is 2.30. The van der Waals surface area contributed by atoms with Crippen LogP contribution >= 0.6 is 11.6 Å². The van der Waals surface area contributed by atoms with E-state index in [9.17, 15) is 4.79 Å². The van der Waals surface area contributed by atoms with Crippen LogP contribution in [-0.4, -0.2) is 29.8 Å². The fourth-order valence-electron chi connectivity index (χ4n) is 1.09. The molecular weight excluding hydrogens is 138 g/mol. The van der Waals surface area contributed by atoms with E-state index < -0.39 is 0 Å². The number of carbonyl (C=O) groups excluding carboxylic acids is 1. The van der Waals surface area contributed by atoms with Gasteiger partial charge in [-0.15, -0.1) is 11.6 Å². The lowest BCUT2D eigenvalue weighted by Crippen LogP contribution is -2.26. The molecule has 0 bridgehead atoms. The Morgan fingerprint density at radius 1 is 1.78 bits per heavy atom. The van der Waals surface area contributed by atoms with Crippen LogP contribution in [0.2, 0.25) is 0 Å². The topological polar surface area (TPSA) is 20.3 Å². The summed E-state index contributed by atoms with van der Waals surface area (Å²) >= 11 is 5.82. The van der Waals surface area contributed by atoms with E-state index in [2.05, 4.69) is 0 Å². The molecule has 1 atom stereocenters. The zero-order valence-corrected chi connectivity index (χ0v) is 5.97. The number of halogens is 1. The molecule has 0 amide bonds. The highest BCUT2D eigenvalue weighted by atomic mass is 35.5. The Morgan fingerprint density at radius 3 is 3.00 bits per heavy atom. The molecule has 1 aliphatic heterocycles. The summed E-state index contributed by atoms with van der Waals surface area (Å²) in [7, 11) is 0. The molecule has 1 heterocycles. The van der Waals surface area contributed by atoms with Gasteiger partial charge in [0, 0.05) is 6.54 Å². The van der Waals surface area contributed by atoms with Gasteiger partial charge >= 0.3 is 0 Å². The first-order valence-electron chi connectivity index (χ1n) is 3.16. The van der Waals surface area contributed by atoms with Crippen molar-refractivity contribution in [3.63, 3.8) is 0 Å². The molecule has 1 rings (SSSR count). The Kier molecular flexibility index (Phi) is 2.49. The van der Waals surface area contributed by atoms with E-state index in [1.165, 1.54) is 0 Å². The molecule has 0 saturated carbocycles. The summed E-state index contributed by atoms with van der Waals surface area (Å²) in [4.78, 5) is 12.0. The van der Waals surface area contributed by atoms with Crippen molar-refractivity contribution in [2.75, 3.05) is 13.1 Å². The molecular formula is C6H10ClNO. The maximum atomic E-state index is 10.0. The predicted octanol–water partition coefficient (Wildman–Crippen LogP) is 0.846. The van der Waals surface area contributed by atoms with Gasteiger partial charge in [0.2, 0.25) is 0 Å². The van der Waals surface area contributed by atoms with Crippen LogP contribution in [0.1, 0.15) is 12.8 Å². The summed E-state index contributed by atoms with van der Waals surface area (Å²) in [6, 6.07) is 0. The van der Waals surface area contributed by atoms with Gasteiger partial charge in [-0.3, -0.25) is 4.90 Å². The number of rotatable bonds is 2. The van der Waals surface area contributed by atoms with Gasteiger partial charge in [0.05, 0.1) is 12.0 Å². The van der Waals surface area contributed by atoms with Gasteiger partial charge in [0.1, 0.15) is 6.29 Å². The summed E-state index contributed by atoms with van der Waals surface area (Å²) in [6.07, 6.45) is 3.05. The number of likely N-dealkylation sites (tertiary alicyclic amines) is 1. The molecule has 0 aliphatic carbocycles. The highest BCUT2D eigenvalue weighted by molar-refractivity contribution is 6.20. The van der Waals surface area contributed by atoms with Gasteiger partial charge in [-0.05, 0) is 12.8 Å². The quantitative estimate of drug-likeness (QED) is 0.328. The van der Waals surface area contributed by atoms with E-state index in [-0.39, 0.29) is 5.50 Å². The molecule has 0 unspecified atom stereocenters. The van der Waals surface area contributed by atoms with Crippen LogP contribution in [0.25, 0.3) is 0 Å². The summed E-state index contributed by atoms with van der Waals surface area (Å²) in [5.74, 6) is 0. The molecule has 1 fully saturated rings. The van der Waals surface area contributed by atoms with E-state index in [0.29, 0.717) is 6.54 Å². The number of aldehydes is 1. The van der Waals surface area contributed by atoms with Gasteiger partial charge < -0.3 is 4.79 Å². The first-order chi connectivity index (χ1) is 4.34. The Labute approximate surface area is 59.8 Å². The van der Waals surface area contributed by atoms with E-state index in [4.69, 9.17) is 11.6 Å². The summed E-state index contributed by atoms with van der Waals surface area (Å²) in [6.45, 7) is 1.47. The van der Waals surface area contributed by atoms with Crippen molar-refractivity contribution in [2.45, 2.75) is 18.3 Å². The third-order valence-electron chi connectivity index (χ3n) is 1.59. The molecule has 9 heavy (non-hydrogen) atoms. The minimum atomic E-state index is 0.107. The van der Waals surface area contributed by atoms with Crippen molar-refractivity contribution >= 4 is 17.9 Å². The smallest absolute Gasteiger partial charge is 0.134 e. The van der Waals surface area contributed by atoms with Crippen molar-refractivity contribution in [3.8, 4) is 0 Å². The van der Waals surface area contributed by atoms with Crippen molar-refractivity contribution in [1.29, 1.82) is 0 Å². The third-order valence-corrected chi connectivity index (χ3v) is 2.09. The molecule has 0 radical (unpaired) electrons. The lowest BCUT2D eigenvalue weighted by Gasteiger charge is -2.14. The van der Waals surface area contributed by atoms with Crippen molar-refractivity contribution in [1.82, 2.24) is 4.90 Å². The molecule has 0 aromatic heterocycles. The second-order valence-corrected chi connectivity index (χ2v) is 2.74. The second kappa shape index (κ2) is 3.18. The van der Waals surface area contributed by atoms with Crippen LogP contribution in [0.15, 0.2) is 0 Å². The molecule has 0 aromatic rings. The van der Waals surface area contributed by atoms with Crippen LogP contribution in [0.3, 0.4) is 0 Å². The zero-order chi connectivity index (χ0) is 6.69. The normalized spacial score (nSPS) is 28.8. The maximum Gasteiger partial charge on any atom is 0.134 e.